The van der Waals surface area contributed by atoms with Gasteiger partial charge in [0.15, 0.2) is 28.9 Å². The first-order valence-corrected chi connectivity index (χ1v) is 18.1. The number of hydrogen-bond acceptors (Lipinski definition) is 10. The average Bonchev–Trinajstić information content (AvgIpc) is 3.59. The lowest BCUT2D eigenvalue weighted by molar-refractivity contribution is -0.0547. The third-order valence-corrected chi connectivity index (χ3v) is 10.4. The van der Waals surface area contributed by atoms with E-state index in [4.69, 9.17) is 24.3 Å². The number of rotatable bonds is 15. The van der Waals surface area contributed by atoms with Gasteiger partial charge in [-0.25, -0.2) is 23.8 Å². The van der Waals surface area contributed by atoms with Gasteiger partial charge in [-0.2, -0.15) is 9.97 Å². The van der Waals surface area contributed by atoms with E-state index in [1.165, 1.54) is 17.8 Å². The summed E-state index contributed by atoms with van der Waals surface area (Å²) in [5.74, 6) is -0.417. The fourth-order valence-corrected chi connectivity index (χ4v) is 7.18. The highest BCUT2D eigenvalue weighted by Gasteiger charge is 2.54. The van der Waals surface area contributed by atoms with Gasteiger partial charge in [-0.3, -0.25) is 14.4 Å². The lowest BCUT2D eigenvalue weighted by atomic mass is 9.90. The molecule has 13 nitrogen and oxygen atoms in total. The van der Waals surface area contributed by atoms with Crippen molar-refractivity contribution in [3.8, 4) is 5.75 Å². The van der Waals surface area contributed by atoms with Crippen molar-refractivity contribution in [1.29, 1.82) is 0 Å². The van der Waals surface area contributed by atoms with Gasteiger partial charge >= 0.3 is 13.8 Å². The van der Waals surface area contributed by atoms with Crippen molar-refractivity contribution in [2.24, 2.45) is 5.92 Å². The van der Waals surface area contributed by atoms with E-state index in [0.717, 1.165) is 30.4 Å². The van der Waals surface area contributed by atoms with Crippen LogP contribution in [0.15, 0.2) is 60.9 Å². The van der Waals surface area contributed by atoms with Gasteiger partial charge in [0.2, 0.25) is 5.95 Å². The van der Waals surface area contributed by atoms with Gasteiger partial charge in [-0.1, -0.05) is 75.7 Å². The fourth-order valence-electron chi connectivity index (χ4n) is 5.49. The third-order valence-electron chi connectivity index (χ3n) is 8.75. The second kappa shape index (κ2) is 15.6. The minimum absolute atomic E-state index is 0.000717. The number of nitrogens with one attached hydrogen (secondary N) is 2. The summed E-state index contributed by atoms with van der Waals surface area (Å²) in [5.41, 5.74) is 6.08. The largest absolute Gasteiger partial charge is 0.459 e. The number of carbonyl (C=O) groups is 1. The predicted octanol–water partition coefficient (Wildman–Crippen LogP) is 7.35. The summed E-state index contributed by atoms with van der Waals surface area (Å²) in [6.45, 7) is 8.87. The smallest absolute Gasteiger partial charge is 0.444 e. The molecule has 1 aliphatic rings. The van der Waals surface area contributed by atoms with E-state index in [2.05, 4.69) is 32.3 Å². The Morgan fingerprint density at radius 3 is 2.63 bits per heavy atom. The quantitative estimate of drug-likeness (QED) is 0.106. The van der Waals surface area contributed by atoms with Crippen molar-refractivity contribution in [3.05, 3.63) is 72.1 Å². The number of halogens is 1. The average molecular weight is 698 g/mol. The van der Waals surface area contributed by atoms with Crippen molar-refractivity contribution < 1.29 is 32.3 Å². The maximum absolute atomic E-state index is 16.6. The van der Waals surface area contributed by atoms with Gasteiger partial charge in [0.1, 0.15) is 12.4 Å². The third kappa shape index (κ3) is 8.56. The van der Waals surface area contributed by atoms with Crippen molar-refractivity contribution >= 4 is 36.8 Å². The number of hydrogen-bond donors (Lipinski definition) is 3. The molecule has 0 radical (unpaired) electrons. The molecule has 0 bridgehead atoms. The standard InChI is InChI=1S/C34H45FN7O6P/c1-6-8-16-25-17-12-13-18-26(25)48-49(44,41-22(3)7-2)46-20-27-23(4)34(5,35)31(47-27)42-21-37-28-29(38-32(36)40-30(28)42)39-33(43)45-19-24-14-10-9-11-15-24/h9-15,17-18,21-23,27,31H,6-8,16,19-20H2,1-5H3,(H,41,44)(H3,36,38,39,40,43)/t22-,23-,27+,31+,34?,49?/m0/s1. The number of aryl methyl sites for hydroxylation is 1. The maximum atomic E-state index is 16.6. The highest BCUT2D eigenvalue weighted by atomic mass is 31.2. The lowest BCUT2D eigenvalue weighted by Crippen LogP contribution is -2.34. The molecule has 5 rings (SSSR count). The van der Waals surface area contributed by atoms with Crippen LogP contribution in [0.25, 0.3) is 11.2 Å². The zero-order valence-electron chi connectivity index (χ0n) is 28.5. The number of nitrogens with two attached hydrogens (primary N) is 1. The minimum atomic E-state index is -3.93. The first-order chi connectivity index (χ1) is 23.4. The van der Waals surface area contributed by atoms with Crippen LogP contribution < -0.4 is 20.7 Å². The van der Waals surface area contributed by atoms with Crippen molar-refractivity contribution in [1.82, 2.24) is 24.6 Å². The number of ether oxygens (including phenoxy) is 2. The number of para-hydroxylation sites is 1. The topological polar surface area (TPSA) is 165 Å². The second-order valence-electron chi connectivity index (χ2n) is 12.4. The molecular formula is C34H45FN7O6P. The van der Waals surface area contributed by atoms with Gasteiger partial charge in [-0.05, 0) is 50.3 Å². The van der Waals surface area contributed by atoms with Gasteiger partial charge in [0.25, 0.3) is 0 Å². The molecule has 49 heavy (non-hydrogen) atoms. The van der Waals surface area contributed by atoms with Gasteiger partial charge in [0, 0.05) is 12.0 Å². The summed E-state index contributed by atoms with van der Waals surface area (Å²) in [6, 6.07) is 16.5. The van der Waals surface area contributed by atoms with Crippen LogP contribution in [0.1, 0.15) is 71.2 Å². The number of nitrogens with zero attached hydrogens (tertiary/aromatic N) is 4. The Morgan fingerprint density at radius 2 is 1.90 bits per heavy atom. The SMILES string of the molecule is CCCCc1ccccc1OP(=O)(N[C@@H](C)CC)OC[C@H]1O[C@@H](n2cnc3c(NC(=O)OCc4ccccc4)nc(N)nc32)C(C)(F)[C@H]1C. The normalized spacial score (nSPS) is 22.4. The molecule has 1 aliphatic heterocycles. The molecule has 2 unspecified atom stereocenters. The van der Waals surface area contributed by atoms with Crippen LogP contribution in [-0.4, -0.2) is 50.0 Å². The second-order valence-corrected chi connectivity index (χ2v) is 14.1. The first-order valence-electron chi connectivity index (χ1n) is 16.6. The lowest BCUT2D eigenvalue weighted by Gasteiger charge is -2.26. The molecule has 0 aliphatic carbocycles. The summed E-state index contributed by atoms with van der Waals surface area (Å²) in [6.07, 6.45) is 1.92. The summed E-state index contributed by atoms with van der Waals surface area (Å²) in [5, 5.41) is 5.57. The Morgan fingerprint density at radius 1 is 1.16 bits per heavy atom. The molecular weight excluding hydrogens is 652 g/mol. The molecule has 6 atom stereocenters. The monoisotopic (exact) mass is 697 g/mol. The number of benzene rings is 2. The number of fused-ring (bicyclic) bond motifs is 1. The van der Waals surface area contributed by atoms with Crippen LogP contribution >= 0.6 is 7.75 Å². The van der Waals surface area contributed by atoms with Crippen LogP contribution in [0.4, 0.5) is 21.0 Å². The molecule has 4 aromatic rings. The van der Waals surface area contributed by atoms with E-state index in [0.29, 0.717) is 12.2 Å². The molecule has 3 heterocycles. The Hall–Kier alpha value is -4.10. The Kier molecular flexibility index (Phi) is 11.5. The van der Waals surface area contributed by atoms with E-state index in [-0.39, 0.29) is 42.2 Å². The van der Waals surface area contributed by atoms with Crippen LogP contribution in [-0.2, 0) is 31.6 Å². The molecule has 1 amide bonds. The highest BCUT2D eigenvalue weighted by molar-refractivity contribution is 7.52. The van der Waals surface area contributed by atoms with Gasteiger partial charge < -0.3 is 19.7 Å². The van der Waals surface area contributed by atoms with Crippen LogP contribution in [0.5, 0.6) is 5.75 Å². The molecule has 2 aromatic carbocycles. The molecule has 4 N–H and O–H groups in total. The van der Waals surface area contributed by atoms with Crippen LogP contribution in [0.2, 0.25) is 0 Å². The fraction of sp³-hybridized carbons (Fsp3) is 0.471. The van der Waals surface area contributed by atoms with Crippen molar-refractivity contribution in [2.45, 2.75) is 91.0 Å². The summed E-state index contributed by atoms with van der Waals surface area (Å²) in [4.78, 5) is 25.4. The number of nitrogen functional groups attached to an aromatic ring is 1. The summed E-state index contributed by atoms with van der Waals surface area (Å²) < 4.78 is 55.8. The molecule has 2 aromatic heterocycles. The molecule has 0 spiro atoms. The zero-order valence-corrected chi connectivity index (χ0v) is 29.4. The number of carbonyl (C=O) groups excluding carboxylic acids is 1. The molecule has 1 saturated heterocycles. The van der Waals surface area contributed by atoms with Crippen LogP contribution in [0, 0.1) is 5.92 Å². The predicted molar refractivity (Wildman–Crippen MR) is 185 cm³/mol. The van der Waals surface area contributed by atoms with E-state index in [9.17, 15) is 9.36 Å². The number of amides is 1. The summed E-state index contributed by atoms with van der Waals surface area (Å²) in [7, 11) is -3.93. The van der Waals surface area contributed by atoms with Gasteiger partial charge in [-0.15, -0.1) is 0 Å². The van der Waals surface area contributed by atoms with Crippen molar-refractivity contribution in [2.75, 3.05) is 17.7 Å². The number of alkyl halides is 1. The van der Waals surface area contributed by atoms with E-state index in [1.807, 2.05) is 62.4 Å². The summed E-state index contributed by atoms with van der Waals surface area (Å²) >= 11 is 0. The molecule has 1 fully saturated rings. The Bertz CT molecular complexity index is 1770. The van der Waals surface area contributed by atoms with E-state index < -0.39 is 37.8 Å². The zero-order chi connectivity index (χ0) is 35.2. The Balaban J connectivity index is 1.33. The molecule has 264 valence electrons. The minimum Gasteiger partial charge on any atom is -0.444 e. The highest BCUT2D eigenvalue weighted by Crippen LogP contribution is 2.50. The van der Waals surface area contributed by atoms with Crippen molar-refractivity contribution in [3.63, 3.8) is 0 Å². The van der Waals surface area contributed by atoms with Crippen LogP contribution in [0.3, 0.4) is 0 Å². The Labute approximate surface area is 285 Å². The maximum Gasteiger partial charge on any atom is 0.459 e. The molecule has 15 heteroatoms. The number of imidazole rings is 1. The number of anilines is 2. The van der Waals surface area contributed by atoms with E-state index in [1.54, 1.807) is 13.0 Å². The first kappa shape index (κ1) is 36.2. The van der Waals surface area contributed by atoms with E-state index >= 15 is 4.39 Å². The molecule has 0 saturated carbocycles. The number of aromatic nitrogens is 4. The number of unbranched alkanes of at least 4 members (excludes halogenated alkanes) is 1. The van der Waals surface area contributed by atoms with Gasteiger partial charge in [0.05, 0.1) is 19.0 Å².